The Hall–Kier alpha value is -2.14. The zero-order valence-electron chi connectivity index (χ0n) is 12.4. The van der Waals surface area contributed by atoms with E-state index < -0.39 is 0 Å². The number of azo groups is 1. The summed E-state index contributed by atoms with van der Waals surface area (Å²) in [7, 11) is 0. The molecule has 0 aliphatic heterocycles. The zero-order chi connectivity index (χ0) is 15.7. The van der Waals surface area contributed by atoms with Crippen molar-refractivity contribution in [1.29, 1.82) is 0 Å². The van der Waals surface area contributed by atoms with Gasteiger partial charge in [0, 0.05) is 9.86 Å². The third-order valence-corrected chi connectivity index (χ3v) is 4.52. The first kappa shape index (κ1) is 14.8. The summed E-state index contributed by atoms with van der Waals surface area (Å²) in [5.74, 6) is 0.0424. The van der Waals surface area contributed by atoms with Gasteiger partial charge < -0.3 is 10.1 Å². The highest BCUT2D eigenvalue weighted by Gasteiger charge is 2.10. The van der Waals surface area contributed by atoms with E-state index in [1.807, 2.05) is 43.3 Å². The summed E-state index contributed by atoms with van der Waals surface area (Å²) in [5, 5.41) is 19.4. The van der Waals surface area contributed by atoms with Gasteiger partial charge in [0.05, 0.1) is 11.2 Å². The molecular weight excluding hydrogens is 342 g/mol. The highest BCUT2D eigenvalue weighted by Crippen LogP contribution is 2.37. The van der Waals surface area contributed by atoms with Crippen molar-refractivity contribution in [2.24, 2.45) is 10.2 Å². The van der Waals surface area contributed by atoms with E-state index in [0.717, 1.165) is 33.0 Å². The Labute approximate surface area is 137 Å². The van der Waals surface area contributed by atoms with Crippen molar-refractivity contribution in [2.75, 3.05) is 0 Å². The Kier molecular flexibility index (Phi) is 3.98. The number of aryl methyl sites for hydroxylation is 2. The van der Waals surface area contributed by atoms with E-state index >= 15 is 0 Å². The lowest BCUT2D eigenvalue weighted by atomic mass is 10.1. The molecule has 0 aliphatic rings. The summed E-state index contributed by atoms with van der Waals surface area (Å²) in [4.78, 5) is 2.93. The Bertz CT molecular complexity index is 868. The van der Waals surface area contributed by atoms with Crippen LogP contribution in [0.1, 0.15) is 18.1 Å². The molecule has 2 aromatic carbocycles. The number of nitrogens with zero attached hydrogens (tertiary/aromatic N) is 2. The van der Waals surface area contributed by atoms with E-state index in [2.05, 4.69) is 38.1 Å². The van der Waals surface area contributed by atoms with Gasteiger partial charge in [-0.2, -0.15) is 5.11 Å². The molecule has 0 fully saturated rings. The van der Waals surface area contributed by atoms with Gasteiger partial charge in [0.2, 0.25) is 5.88 Å². The Morgan fingerprint density at radius 1 is 1.14 bits per heavy atom. The third-order valence-electron chi connectivity index (χ3n) is 3.63. The number of halogens is 1. The molecule has 22 heavy (non-hydrogen) atoms. The first-order valence-electron chi connectivity index (χ1n) is 7.10. The minimum atomic E-state index is 0.0424. The summed E-state index contributed by atoms with van der Waals surface area (Å²) in [6.45, 7) is 4.10. The van der Waals surface area contributed by atoms with Gasteiger partial charge in [-0.25, -0.2) is 0 Å². The average molecular weight is 358 g/mol. The van der Waals surface area contributed by atoms with Crippen molar-refractivity contribution in [3.05, 3.63) is 52.0 Å². The van der Waals surface area contributed by atoms with Crippen LogP contribution in [0.3, 0.4) is 0 Å². The molecule has 0 bridgehead atoms. The number of aromatic amines is 1. The van der Waals surface area contributed by atoms with Crippen molar-refractivity contribution >= 4 is 38.2 Å². The lowest BCUT2D eigenvalue weighted by Crippen LogP contribution is -1.78. The van der Waals surface area contributed by atoms with Crippen LogP contribution < -0.4 is 0 Å². The molecule has 0 atom stereocenters. The number of benzene rings is 2. The maximum absolute atomic E-state index is 10.1. The van der Waals surface area contributed by atoms with Crippen LogP contribution in [0.5, 0.6) is 5.88 Å². The van der Waals surface area contributed by atoms with E-state index in [9.17, 15) is 5.11 Å². The average Bonchev–Trinajstić information content (AvgIpc) is 2.83. The van der Waals surface area contributed by atoms with Gasteiger partial charge in [0.15, 0.2) is 5.69 Å². The van der Waals surface area contributed by atoms with Crippen LogP contribution in [-0.4, -0.2) is 10.1 Å². The summed E-state index contributed by atoms with van der Waals surface area (Å²) in [6.07, 6.45) is 0.935. The molecule has 1 aromatic heterocycles. The standard InChI is InChI=1S/C17H16BrN3O/c1-3-11-4-7-15-13(9-11)16(17(22)19-15)21-20-12-5-6-14(18)10(2)8-12/h4-9,19,22H,3H2,1-2H3. The lowest BCUT2D eigenvalue weighted by molar-refractivity contribution is 0.459. The third kappa shape index (κ3) is 2.76. The van der Waals surface area contributed by atoms with Gasteiger partial charge >= 0.3 is 0 Å². The summed E-state index contributed by atoms with van der Waals surface area (Å²) >= 11 is 3.46. The molecule has 3 aromatic rings. The van der Waals surface area contributed by atoms with Gasteiger partial charge in [-0.3, -0.25) is 0 Å². The SMILES string of the molecule is CCc1ccc2[nH]c(O)c(N=Nc3ccc(Br)c(C)c3)c2c1. The second-order valence-corrected chi connectivity index (χ2v) is 6.04. The maximum Gasteiger partial charge on any atom is 0.218 e. The molecule has 2 N–H and O–H groups in total. The highest BCUT2D eigenvalue weighted by molar-refractivity contribution is 9.10. The van der Waals surface area contributed by atoms with Crippen LogP contribution in [0.15, 0.2) is 51.1 Å². The number of aromatic hydroxyl groups is 1. The largest absolute Gasteiger partial charge is 0.493 e. The minimum absolute atomic E-state index is 0.0424. The molecular formula is C17H16BrN3O. The molecule has 112 valence electrons. The first-order chi connectivity index (χ1) is 10.6. The number of nitrogens with one attached hydrogen (secondary N) is 1. The molecule has 0 aliphatic carbocycles. The quantitative estimate of drug-likeness (QED) is 0.561. The van der Waals surface area contributed by atoms with Gasteiger partial charge in [0.1, 0.15) is 0 Å². The molecule has 0 saturated heterocycles. The number of aromatic nitrogens is 1. The predicted molar refractivity (Wildman–Crippen MR) is 92.4 cm³/mol. The Morgan fingerprint density at radius 3 is 2.68 bits per heavy atom. The van der Waals surface area contributed by atoms with Crippen molar-refractivity contribution < 1.29 is 5.11 Å². The minimum Gasteiger partial charge on any atom is -0.493 e. The molecule has 0 radical (unpaired) electrons. The van der Waals surface area contributed by atoms with Crippen LogP contribution >= 0.6 is 15.9 Å². The molecule has 1 heterocycles. The lowest BCUT2D eigenvalue weighted by Gasteiger charge is -1.99. The molecule has 4 nitrogen and oxygen atoms in total. The van der Waals surface area contributed by atoms with E-state index in [0.29, 0.717) is 5.69 Å². The molecule has 0 saturated carbocycles. The smallest absolute Gasteiger partial charge is 0.218 e. The fourth-order valence-corrected chi connectivity index (χ4v) is 2.58. The maximum atomic E-state index is 10.1. The summed E-state index contributed by atoms with van der Waals surface area (Å²) < 4.78 is 1.04. The van der Waals surface area contributed by atoms with Crippen molar-refractivity contribution in [2.45, 2.75) is 20.3 Å². The molecule has 3 rings (SSSR count). The van der Waals surface area contributed by atoms with Crippen LogP contribution in [0.25, 0.3) is 10.9 Å². The van der Waals surface area contributed by atoms with Crippen molar-refractivity contribution in [3.63, 3.8) is 0 Å². The number of hydrogen-bond acceptors (Lipinski definition) is 3. The molecule has 0 unspecified atom stereocenters. The molecule has 5 heteroatoms. The molecule has 0 amide bonds. The monoisotopic (exact) mass is 357 g/mol. The van der Waals surface area contributed by atoms with Crippen molar-refractivity contribution in [3.8, 4) is 5.88 Å². The van der Waals surface area contributed by atoms with Gasteiger partial charge in [-0.05, 0) is 54.8 Å². The summed E-state index contributed by atoms with van der Waals surface area (Å²) in [6, 6.07) is 11.8. The predicted octanol–water partition coefficient (Wildman–Crippen LogP) is 5.92. The van der Waals surface area contributed by atoms with Gasteiger partial charge in [0.25, 0.3) is 0 Å². The fourth-order valence-electron chi connectivity index (χ4n) is 2.33. The fraction of sp³-hybridized carbons (Fsp3) is 0.176. The van der Waals surface area contributed by atoms with E-state index in [4.69, 9.17) is 0 Å². The Morgan fingerprint density at radius 2 is 1.95 bits per heavy atom. The second-order valence-electron chi connectivity index (χ2n) is 5.19. The highest BCUT2D eigenvalue weighted by atomic mass is 79.9. The second kappa shape index (κ2) is 5.93. The Balaban J connectivity index is 2.03. The van der Waals surface area contributed by atoms with Crippen LogP contribution in [0, 0.1) is 6.92 Å². The number of fused-ring (bicyclic) bond motifs is 1. The first-order valence-corrected chi connectivity index (χ1v) is 7.89. The number of hydrogen-bond donors (Lipinski definition) is 2. The normalized spacial score (nSPS) is 11.6. The van der Waals surface area contributed by atoms with Crippen LogP contribution in [-0.2, 0) is 6.42 Å². The van der Waals surface area contributed by atoms with Crippen LogP contribution in [0.4, 0.5) is 11.4 Å². The number of rotatable bonds is 3. The van der Waals surface area contributed by atoms with E-state index in [1.54, 1.807) is 0 Å². The number of H-pyrrole nitrogens is 1. The van der Waals surface area contributed by atoms with E-state index in [-0.39, 0.29) is 5.88 Å². The van der Waals surface area contributed by atoms with Crippen molar-refractivity contribution in [1.82, 2.24) is 4.98 Å². The van der Waals surface area contributed by atoms with Gasteiger partial charge in [-0.1, -0.05) is 28.9 Å². The van der Waals surface area contributed by atoms with Crippen LogP contribution in [0.2, 0.25) is 0 Å². The van der Waals surface area contributed by atoms with Gasteiger partial charge in [-0.15, -0.1) is 5.11 Å². The zero-order valence-corrected chi connectivity index (χ0v) is 14.0. The summed E-state index contributed by atoms with van der Waals surface area (Å²) in [5.41, 5.74) is 4.37. The molecule has 0 spiro atoms. The van der Waals surface area contributed by atoms with E-state index in [1.165, 1.54) is 5.56 Å². The topological polar surface area (TPSA) is 60.7 Å².